The van der Waals surface area contributed by atoms with Crippen molar-refractivity contribution in [1.29, 1.82) is 0 Å². The molecule has 15 heavy (non-hydrogen) atoms. The lowest BCUT2D eigenvalue weighted by atomic mass is 10.1. The Kier molecular flexibility index (Phi) is 4.15. The maximum atomic E-state index is 9.12. The summed E-state index contributed by atoms with van der Waals surface area (Å²) in [6.45, 7) is 7.55. The van der Waals surface area contributed by atoms with Crippen LogP contribution >= 0.6 is 0 Å². The van der Waals surface area contributed by atoms with Gasteiger partial charge in [-0.05, 0) is 57.9 Å². The lowest BCUT2D eigenvalue weighted by molar-refractivity contribution is 0.422. The van der Waals surface area contributed by atoms with E-state index in [2.05, 4.69) is 26.1 Å². The van der Waals surface area contributed by atoms with E-state index in [1.165, 1.54) is 5.56 Å². The fourth-order valence-corrected chi connectivity index (χ4v) is 1.42. The molecule has 0 aromatic heterocycles. The van der Waals surface area contributed by atoms with Crippen LogP contribution in [0.2, 0.25) is 0 Å². The summed E-state index contributed by atoms with van der Waals surface area (Å²) in [5, 5.41) is 12.6. The Bertz CT molecular complexity index is 284. The quantitative estimate of drug-likeness (QED) is 0.744. The zero-order valence-electron chi connectivity index (χ0n) is 9.88. The van der Waals surface area contributed by atoms with Crippen molar-refractivity contribution in [1.82, 2.24) is 5.32 Å². The van der Waals surface area contributed by atoms with Gasteiger partial charge < -0.3 is 10.4 Å². The Morgan fingerprint density at radius 2 is 1.73 bits per heavy atom. The lowest BCUT2D eigenvalue weighted by Crippen LogP contribution is -2.36. The smallest absolute Gasteiger partial charge is 0.115 e. The van der Waals surface area contributed by atoms with Crippen LogP contribution in [-0.4, -0.2) is 17.2 Å². The third-order valence-electron chi connectivity index (χ3n) is 2.23. The third kappa shape index (κ3) is 5.43. The number of hydrogen-bond donors (Lipinski definition) is 2. The van der Waals surface area contributed by atoms with Gasteiger partial charge in [0.1, 0.15) is 5.75 Å². The maximum absolute atomic E-state index is 9.12. The first kappa shape index (κ1) is 12.1. The molecule has 84 valence electrons. The number of aryl methyl sites for hydroxylation is 1. The number of phenols is 1. The molecular formula is C13H21NO. The SMILES string of the molecule is CC(C)(C)NCCCc1ccc(O)cc1. The van der Waals surface area contributed by atoms with Crippen LogP contribution in [0.4, 0.5) is 0 Å². The van der Waals surface area contributed by atoms with Crippen molar-refractivity contribution in [3.8, 4) is 5.75 Å². The molecule has 0 saturated heterocycles. The van der Waals surface area contributed by atoms with E-state index in [1.54, 1.807) is 12.1 Å². The number of nitrogens with one attached hydrogen (secondary N) is 1. The number of phenolic OH excluding ortho intramolecular Hbond substituents is 1. The van der Waals surface area contributed by atoms with Gasteiger partial charge in [0.2, 0.25) is 0 Å². The second-order valence-electron chi connectivity index (χ2n) is 4.95. The van der Waals surface area contributed by atoms with Gasteiger partial charge in [-0.2, -0.15) is 0 Å². The minimum Gasteiger partial charge on any atom is -0.508 e. The highest BCUT2D eigenvalue weighted by Crippen LogP contribution is 2.11. The first-order chi connectivity index (χ1) is 6.97. The molecule has 0 radical (unpaired) electrons. The van der Waals surface area contributed by atoms with Gasteiger partial charge >= 0.3 is 0 Å². The van der Waals surface area contributed by atoms with Gasteiger partial charge in [-0.1, -0.05) is 12.1 Å². The average Bonchev–Trinajstić information content (AvgIpc) is 2.14. The highest BCUT2D eigenvalue weighted by molar-refractivity contribution is 5.25. The van der Waals surface area contributed by atoms with Crippen LogP contribution in [0.3, 0.4) is 0 Å². The van der Waals surface area contributed by atoms with Crippen LogP contribution < -0.4 is 5.32 Å². The zero-order chi connectivity index (χ0) is 11.3. The van der Waals surface area contributed by atoms with Crippen LogP contribution in [0.1, 0.15) is 32.8 Å². The fourth-order valence-electron chi connectivity index (χ4n) is 1.42. The Hall–Kier alpha value is -1.02. The molecule has 0 spiro atoms. The summed E-state index contributed by atoms with van der Waals surface area (Å²) >= 11 is 0. The molecule has 2 heteroatoms. The molecule has 0 atom stereocenters. The normalized spacial score (nSPS) is 11.7. The van der Waals surface area contributed by atoms with E-state index in [0.29, 0.717) is 5.75 Å². The number of benzene rings is 1. The van der Waals surface area contributed by atoms with Gasteiger partial charge in [-0.15, -0.1) is 0 Å². The number of aromatic hydroxyl groups is 1. The van der Waals surface area contributed by atoms with Gasteiger partial charge in [0, 0.05) is 5.54 Å². The van der Waals surface area contributed by atoms with Crippen molar-refractivity contribution >= 4 is 0 Å². The van der Waals surface area contributed by atoms with Crippen molar-refractivity contribution in [3.05, 3.63) is 29.8 Å². The topological polar surface area (TPSA) is 32.3 Å². The summed E-state index contributed by atoms with van der Waals surface area (Å²) in [6.07, 6.45) is 2.19. The van der Waals surface area contributed by atoms with Gasteiger partial charge in [0.15, 0.2) is 0 Å². The molecule has 1 rings (SSSR count). The van der Waals surface area contributed by atoms with E-state index in [-0.39, 0.29) is 5.54 Å². The van der Waals surface area contributed by atoms with E-state index < -0.39 is 0 Å². The molecule has 0 unspecified atom stereocenters. The van der Waals surface area contributed by atoms with Crippen molar-refractivity contribution in [2.75, 3.05) is 6.54 Å². The summed E-state index contributed by atoms with van der Waals surface area (Å²) in [5.41, 5.74) is 1.48. The molecule has 0 aliphatic rings. The Balaban J connectivity index is 2.23. The summed E-state index contributed by atoms with van der Waals surface area (Å²) in [7, 11) is 0. The largest absolute Gasteiger partial charge is 0.508 e. The molecule has 1 aromatic carbocycles. The van der Waals surface area contributed by atoms with E-state index in [4.69, 9.17) is 5.11 Å². The monoisotopic (exact) mass is 207 g/mol. The minimum atomic E-state index is 0.203. The van der Waals surface area contributed by atoms with Crippen molar-refractivity contribution < 1.29 is 5.11 Å². The van der Waals surface area contributed by atoms with Crippen molar-refractivity contribution in [2.24, 2.45) is 0 Å². The number of hydrogen-bond acceptors (Lipinski definition) is 2. The predicted molar refractivity (Wildman–Crippen MR) is 64.2 cm³/mol. The van der Waals surface area contributed by atoms with Gasteiger partial charge in [-0.3, -0.25) is 0 Å². The fraction of sp³-hybridized carbons (Fsp3) is 0.538. The molecule has 0 aliphatic heterocycles. The first-order valence-electron chi connectivity index (χ1n) is 5.50. The highest BCUT2D eigenvalue weighted by atomic mass is 16.3. The van der Waals surface area contributed by atoms with Crippen LogP contribution in [-0.2, 0) is 6.42 Å². The summed E-state index contributed by atoms with van der Waals surface area (Å²) in [4.78, 5) is 0. The van der Waals surface area contributed by atoms with Crippen molar-refractivity contribution in [3.63, 3.8) is 0 Å². The van der Waals surface area contributed by atoms with Crippen LogP contribution in [0.15, 0.2) is 24.3 Å². The van der Waals surface area contributed by atoms with Gasteiger partial charge in [0.25, 0.3) is 0 Å². The third-order valence-corrected chi connectivity index (χ3v) is 2.23. The zero-order valence-corrected chi connectivity index (χ0v) is 9.88. The summed E-state index contributed by atoms with van der Waals surface area (Å²) in [5.74, 6) is 0.339. The van der Waals surface area contributed by atoms with Crippen LogP contribution in [0.5, 0.6) is 5.75 Å². The van der Waals surface area contributed by atoms with E-state index in [9.17, 15) is 0 Å². The summed E-state index contributed by atoms with van der Waals surface area (Å²) in [6, 6.07) is 7.44. The first-order valence-corrected chi connectivity index (χ1v) is 5.50. The average molecular weight is 207 g/mol. The highest BCUT2D eigenvalue weighted by Gasteiger charge is 2.06. The minimum absolute atomic E-state index is 0.203. The Labute approximate surface area is 92.3 Å². The molecule has 0 fully saturated rings. The standard InChI is InChI=1S/C13H21NO/c1-13(2,3)14-10-4-5-11-6-8-12(15)9-7-11/h6-9,14-15H,4-5,10H2,1-3H3. The molecule has 2 N–H and O–H groups in total. The Morgan fingerprint density at radius 3 is 2.27 bits per heavy atom. The van der Waals surface area contributed by atoms with Gasteiger partial charge in [0.05, 0.1) is 0 Å². The number of rotatable bonds is 4. The molecule has 2 nitrogen and oxygen atoms in total. The lowest BCUT2D eigenvalue weighted by Gasteiger charge is -2.20. The maximum Gasteiger partial charge on any atom is 0.115 e. The molecule has 0 saturated carbocycles. The Morgan fingerprint density at radius 1 is 1.13 bits per heavy atom. The molecule has 1 aromatic rings. The van der Waals surface area contributed by atoms with E-state index in [0.717, 1.165) is 19.4 Å². The second-order valence-corrected chi connectivity index (χ2v) is 4.95. The predicted octanol–water partition coefficient (Wildman–Crippen LogP) is 2.71. The molecule has 0 heterocycles. The van der Waals surface area contributed by atoms with Crippen LogP contribution in [0.25, 0.3) is 0 Å². The molecule has 0 amide bonds. The molecule has 0 aliphatic carbocycles. The molecular weight excluding hydrogens is 186 g/mol. The summed E-state index contributed by atoms with van der Waals surface area (Å²) < 4.78 is 0. The van der Waals surface area contributed by atoms with E-state index in [1.807, 2.05) is 12.1 Å². The van der Waals surface area contributed by atoms with Crippen molar-refractivity contribution in [2.45, 2.75) is 39.2 Å². The van der Waals surface area contributed by atoms with E-state index >= 15 is 0 Å². The second kappa shape index (κ2) is 5.17. The van der Waals surface area contributed by atoms with Gasteiger partial charge in [-0.25, -0.2) is 0 Å². The molecule has 0 bridgehead atoms. The van der Waals surface area contributed by atoms with Crippen LogP contribution in [0, 0.1) is 0 Å².